The quantitative estimate of drug-likeness (QED) is 0.720. The zero-order valence-electron chi connectivity index (χ0n) is 10.8. The molecular weight excluding hydrogens is 204 g/mol. The van der Waals surface area contributed by atoms with Crippen LogP contribution in [0.25, 0.3) is 0 Å². The van der Waals surface area contributed by atoms with Crippen molar-refractivity contribution in [2.45, 2.75) is 58.1 Å². The van der Waals surface area contributed by atoms with Crippen LogP contribution in [0, 0.1) is 0 Å². The van der Waals surface area contributed by atoms with Crippen LogP contribution in [0.1, 0.15) is 46.5 Å². The second-order valence-corrected chi connectivity index (χ2v) is 5.05. The summed E-state index contributed by atoms with van der Waals surface area (Å²) < 4.78 is 4.55. The normalized spacial score (nSPS) is 20.6. The minimum absolute atomic E-state index is 0.318. The third kappa shape index (κ3) is 9.93. The summed E-state index contributed by atoms with van der Waals surface area (Å²) in [6, 6.07) is 0.726. The van der Waals surface area contributed by atoms with Crippen LogP contribution in [0.2, 0.25) is 0 Å². The number of nitrogens with two attached hydrogens (primary N) is 1. The van der Waals surface area contributed by atoms with Crippen LogP contribution in [0.5, 0.6) is 0 Å². The highest BCUT2D eigenvalue weighted by Crippen LogP contribution is 2.08. The Morgan fingerprint density at radius 1 is 1.44 bits per heavy atom. The van der Waals surface area contributed by atoms with Gasteiger partial charge in [0, 0.05) is 6.04 Å². The van der Waals surface area contributed by atoms with E-state index >= 15 is 0 Å². The predicted molar refractivity (Wildman–Crippen MR) is 66.2 cm³/mol. The monoisotopic (exact) mass is 230 g/mol. The van der Waals surface area contributed by atoms with Crippen molar-refractivity contribution in [3.8, 4) is 0 Å². The number of nitrogens with one attached hydrogen (secondary N) is 1. The van der Waals surface area contributed by atoms with E-state index in [1.807, 2.05) is 20.8 Å². The van der Waals surface area contributed by atoms with Crippen molar-refractivity contribution in [2.75, 3.05) is 13.1 Å². The molecule has 0 amide bonds. The van der Waals surface area contributed by atoms with Gasteiger partial charge in [-0.05, 0) is 53.1 Å². The molecule has 1 aliphatic rings. The smallest absolute Gasteiger partial charge is 0.293 e. The Morgan fingerprint density at radius 3 is 2.44 bits per heavy atom. The van der Waals surface area contributed by atoms with Gasteiger partial charge in [0.1, 0.15) is 5.60 Å². The van der Waals surface area contributed by atoms with Crippen molar-refractivity contribution >= 4 is 6.47 Å². The lowest BCUT2D eigenvalue weighted by molar-refractivity contribution is -0.138. The van der Waals surface area contributed by atoms with Crippen molar-refractivity contribution in [3.05, 3.63) is 0 Å². The summed E-state index contributed by atoms with van der Waals surface area (Å²) in [5.41, 5.74) is 5.10. The lowest BCUT2D eigenvalue weighted by Crippen LogP contribution is -2.35. The molecule has 0 aromatic carbocycles. The molecule has 1 heterocycles. The molecule has 0 radical (unpaired) electrons. The second-order valence-electron chi connectivity index (χ2n) is 5.05. The first kappa shape index (κ1) is 15.4. The van der Waals surface area contributed by atoms with Gasteiger partial charge < -0.3 is 15.8 Å². The molecular formula is C12H26N2O2. The van der Waals surface area contributed by atoms with E-state index in [1.54, 1.807) is 0 Å². The number of hydrogen-bond acceptors (Lipinski definition) is 4. The van der Waals surface area contributed by atoms with Crippen LogP contribution in [0.4, 0.5) is 0 Å². The number of ether oxygens (including phenoxy) is 1. The molecule has 0 saturated carbocycles. The van der Waals surface area contributed by atoms with Gasteiger partial charge in [0.25, 0.3) is 6.47 Å². The summed E-state index contributed by atoms with van der Waals surface area (Å²) in [6.45, 7) is 7.95. The Labute approximate surface area is 98.9 Å². The first-order valence-electron chi connectivity index (χ1n) is 6.04. The molecule has 0 aromatic heterocycles. The van der Waals surface area contributed by atoms with E-state index in [0.29, 0.717) is 6.47 Å². The lowest BCUT2D eigenvalue weighted by Gasteiger charge is -2.22. The van der Waals surface area contributed by atoms with E-state index in [9.17, 15) is 4.79 Å². The van der Waals surface area contributed by atoms with Gasteiger partial charge in [0.2, 0.25) is 0 Å². The molecule has 1 unspecified atom stereocenters. The third-order valence-corrected chi connectivity index (χ3v) is 2.33. The topological polar surface area (TPSA) is 64.3 Å². The number of carbonyl (C=O) groups is 1. The lowest BCUT2D eigenvalue weighted by atomic mass is 10.0. The van der Waals surface area contributed by atoms with Crippen molar-refractivity contribution < 1.29 is 9.53 Å². The fourth-order valence-corrected chi connectivity index (χ4v) is 1.52. The molecule has 0 aromatic rings. The molecule has 96 valence electrons. The number of hydrogen-bond donors (Lipinski definition) is 2. The van der Waals surface area contributed by atoms with Crippen molar-refractivity contribution in [3.63, 3.8) is 0 Å². The first-order chi connectivity index (χ1) is 7.49. The van der Waals surface area contributed by atoms with E-state index in [0.717, 1.165) is 19.0 Å². The van der Waals surface area contributed by atoms with E-state index in [-0.39, 0.29) is 5.60 Å². The van der Waals surface area contributed by atoms with Gasteiger partial charge >= 0.3 is 0 Å². The standard InChI is InChI=1S/C7H16N2.C5H10O2/c8-5-4-7-3-1-2-6-9-7;1-5(2,3)7-4-6/h7,9H,1-6,8H2;4H,1-3H3. The van der Waals surface area contributed by atoms with Crippen LogP contribution < -0.4 is 11.1 Å². The summed E-state index contributed by atoms with van der Waals surface area (Å²) >= 11 is 0. The maximum atomic E-state index is 9.60. The van der Waals surface area contributed by atoms with Gasteiger partial charge in [-0.1, -0.05) is 6.42 Å². The van der Waals surface area contributed by atoms with Crippen LogP contribution in [-0.4, -0.2) is 31.2 Å². The van der Waals surface area contributed by atoms with E-state index in [2.05, 4.69) is 10.1 Å². The molecule has 1 rings (SSSR count). The van der Waals surface area contributed by atoms with Crippen LogP contribution in [0.3, 0.4) is 0 Å². The Hall–Kier alpha value is -0.610. The average Bonchev–Trinajstić information content (AvgIpc) is 2.19. The second kappa shape index (κ2) is 8.53. The zero-order chi connectivity index (χ0) is 12.4. The molecule has 4 nitrogen and oxygen atoms in total. The Balaban J connectivity index is 0.000000293. The largest absolute Gasteiger partial charge is 0.462 e. The molecule has 0 aliphatic carbocycles. The van der Waals surface area contributed by atoms with E-state index < -0.39 is 0 Å². The molecule has 0 bridgehead atoms. The van der Waals surface area contributed by atoms with Crippen molar-refractivity contribution in [2.24, 2.45) is 5.73 Å². The fourth-order valence-electron chi connectivity index (χ4n) is 1.52. The minimum atomic E-state index is -0.318. The minimum Gasteiger partial charge on any atom is -0.462 e. The summed E-state index contributed by atoms with van der Waals surface area (Å²) in [4.78, 5) is 9.60. The summed E-state index contributed by atoms with van der Waals surface area (Å²) in [5.74, 6) is 0. The predicted octanol–water partition coefficient (Wildman–Crippen LogP) is 1.44. The Morgan fingerprint density at radius 2 is 2.12 bits per heavy atom. The molecule has 1 aliphatic heterocycles. The Kier molecular flexibility index (Phi) is 8.21. The number of piperidine rings is 1. The number of rotatable bonds is 3. The SMILES string of the molecule is CC(C)(C)OC=O.NCCC1CCCCN1. The summed E-state index contributed by atoms with van der Waals surface area (Å²) in [5, 5.41) is 3.44. The highest BCUT2D eigenvalue weighted by atomic mass is 16.5. The Bertz CT molecular complexity index is 170. The molecule has 1 atom stereocenters. The van der Waals surface area contributed by atoms with E-state index in [1.165, 1.54) is 25.8 Å². The maximum Gasteiger partial charge on any atom is 0.293 e. The maximum absolute atomic E-state index is 9.60. The molecule has 16 heavy (non-hydrogen) atoms. The van der Waals surface area contributed by atoms with Gasteiger partial charge in [-0.3, -0.25) is 4.79 Å². The third-order valence-electron chi connectivity index (χ3n) is 2.33. The molecule has 1 saturated heterocycles. The van der Waals surface area contributed by atoms with Crippen LogP contribution in [0.15, 0.2) is 0 Å². The number of carbonyl (C=O) groups excluding carboxylic acids is 1. The highest BCUT2D eigenvalue weighted by Gasteiger charge is 2.10. The van der Waals surface area contributed by atoms with Gasteiger partial charge in [-0.15, -0.1) is 0 Å². The fraction of sp³-hybridized carbons (Fsp3) is 0.917. The van der Waals surface area contributed by atoms with Crippen LogP contribution >= 0.6 is 0 Å². The van der Waals surface area contributed by atoms with Crippen molar-refractivity contribution in [1.82, 2.24) is 5.32 Å². The molecule has 4 heteroatoms. The highest BCUT2D eigenvalue weighted by molar-refractivity contribution is 5.37. The van der Waals surface area contributed by atoms with Gasteiger partial charge in [0.05, 0.1) is 0 Å². The van der Waals surface area contributed by atoms with Gasteiger partial charge in [0.15, 0.2) is 0 Å². The van der Waals surface area contributed by atoms with Crippen LogP contribution in [-0.2, 0) is 9.53 Å². The van der Waals surface area contributed by atoms with Gasteiger partial charge in [-0.2, -0.15) is 0 Å². The summed E-state index contributed by atoms with van der Waals surface area (Å²) in [7, 11) is 0. The van der Waals surface area contributed by atoms with Gasteiger partial charge in [-0.25, -0.2) is 0 Å². The molecule has 3 N–H and O–H groups in total. The summed E-state index contributed by atoms with van der Waals surface area (Å²) in [6.07, 6.45) is 5.22. The van der Waals surface area contributed by atoms with E-state index in [4.69, 9.17) is 5.73 Å². The molecule has 1 fully saturated rings. The van der Waals surface area contributed by atoms with Crippen molar-refractivity contribution in [1.29, 1.82) is 0 Å². The zero-order valence-corrected chi connectivity index (χ0v) is 10.8. The average molecular weight is 230 g/mol. The molecule has 0 spiro atoms. The first-order valence-corrected chi connectivity index (χ1v) is 6.04.